The number of amides is 3. The Hall–Kier alpha value is -3.14. The molecule has 1 aromatic carbocycles. The highest BCUT2D eigenvalue weighted by Gasteiger charge is 2.48. The lowest BCUT2D eigenvalue weighted by molar-refractivity contribution is -0.140. The molecule has 3 heterocycles. The van der Waals surface area contributed by atoms with Crippen LogP contribution in [0.5, 0.6) is 0 Å². The first kappa shape index (κ1) is 22.6. The van der Waals surface area contributed by atoms with Crippen LogP contribution in [-0.4, -0.2) is 56.5 Å². The number of fused-ring (bicyclic) bond motifs is 2. The molecular formula is C24H31N5O5. The van der Waals surface area contributed by atoms with Crippen LogP contribution < -0.4 is 5.32 Å². The average molecular weight is 470 g/mol. The Balaban J connectivity index is 1.15. The van der Waals surface area contributed by atoms with Crippen LogP contribution in [-0.2, 0) is 16.2 Å². The van der Waals surface area contributed by atoms with E-state index in [2.05, 4.69) is 15.5 Å². The van der Waals surface area contributed by atoms with E-state index in [-0.39, 0.29) is 30.1 Å². The van der Waals surface area contributed by atoms with Crippen molar-refractivity contribution in [3.05, 3.63) is 47.7 Å². The summed E-state index contributed by atoms with van der Waals surface area (Å²) in [6.45, 7) is 6.45. The number of urea groups is 1. The average Bonchev–Trinajstić information content (AvgIpc) is 3.33. The summed E-state index contributed by atoms with van der Waals surface area (Å²) in [7, 11) is 0. The van der Waals surface area contributed by atoms with E-state index in [1.807, 2.05) is 51.1 Å². The molecule has 182 valence electrons. The van der Waals surface area contributed by atoms with Crippen LogP contribution in [0.25, 0.3) is 0 Å². The van der Waals surface area contributed by atoms with Crippen molar-refractivity contribution in [1.82, 2.24) is 25.5 Å². The zero-order chi connectivity index (χ0) is 23.9. The third kappa shape index (κ3) is 4.72. The molecule has 3 fully saturated rings. The van der Waals surface area contributed by atoms with Crippen molar-refractivity contribution in [2.75, 3.05) is 6.54 Å². The molecule has 10 heteroatoms. The SMILES string of the molecule is CC(C)(C)OC(=O)NC1CC(c2nnc(C3CCC4CN3C(=O)N4OCc3ccccc3)o2)C1. The van der Waals surface area contributed by atoms with Crippen molar-refractivity contribution in [1.29, 1.82) is 0 Å². The molecule has 2 atom stereocenters. The van der Waals surface area contributed by atoms with Gasteiger partial charge in [0.2, 0.25) is 11.8 Å². The van der Waals surface area contributed by atoms with E-state index in [4.69, 9.17) is 14.0 Å². The van der Waals surface area contributed by atoms with Crippen molar-refractivity contribution in [3.63, 3.8) is 0 Å². The summed E-state index contributed by atoms with van der Waals surface area (Å²) in [6.07, 6.45) is 2.58. The molecule has 2 bridgehead atoms. The van der Waals surface area contributed by atoms with Gasteiger partial charge < -0.3 is 19.4 Å². The van der Waals surface area contributed by atoms with Crippen LogP contribution in [0.1, 0.15) is 75.8 Å². The number of nitrogens with zero attached hydrogens (tertiary/aromatic N) is 4. The van der Waals surface area contributed by atoms with Gasteiger partial charge >= 0.3 is 12.1 Å². The lowest BCUT2D eigenvalue weighted by atomic mass is 9.80. The smallest absolute Gasteiger partial charge is 0.407 e. The molecule has 3 aliphatic rings. The molecule has 1 aromatic heterocycles. The fraction of sp³-hybridized carbons (Fsp3) is 0.583. The molecule has 0 spiro atoms. The lowest BCUT2D eigenvalue weighted by Crippen LogP contribution is -2.45. The summed E-state index contributed by atoms with van der Waals surface area (Å²) in [5.41, 5.74) is 0.493. The monoisotopic (exact) mass is 469 g/mol. The van der Waals surface area contributed by atoms with Gasteiger partial charge in [0.05, 0.1) is 6.04 Å². The highest BCUT2D eigenvalue weighted by molar-refractivity contribution is 5.77. The molecule has 1 aliphatic carbocycles. The number of hydroxylamine groups is 2. The number of piperidine rings is 1. The van der Waals surface area contributed by atoms with Crippen molar-refractivity contribution in [2.24, 2.45) is 0 Å². The normalized spacial score (nSPS) is 26.4. The highest BCUT2D eigenvalue weighted by Crippen LogP contribution is 2.41. The predicted molar refractivity (Wildman–Crippen MR) is 120 cm³/mol. The van der Waals surface area contributed by atoms with Crippen molar-refractivity contribution < 1.29 is 23.6 Å². The van der Waals surface area contributed by atoms with Gasteiger partial charge in [0.25, 0.3) is 0 Å². The summed E-state index contributed by atoms with van der Waals surface area (Å²) in [6, 6.07) is 9.46. The van der Waals surface area contributed by atoms with Gasteiger partial charge in [-0.15, -0.1) is 10.2 Å². The summed E-state index contributed by atoms with van der Waals surface area (Å²) in [5.74, 6) is 1.12. The summed E-state index contributed by atoms with van der Waals surface area (Å²) < 4.78 is 11.3. The molecule has 1 N–H and O–H groups in total. The molecular weight excluding hydrogens is 438 g/mol. The van der Waals surface area contributed by atoms with E-state index in [0.717, 1.165) is 31.2 Å². The molecule has 2 aliphatic heterocycles. The van der Waals surface area contributed by atoms with Gasteiger partial charge in [0.15, 0.2) is 0 Å². The molecule has 0 radical (unpaired) electrons. The summed E-state index contributed by atoms with van der Waals surface area (Å²) in [5, 5.41) is 12.9. The topological polar surface area (TPSA) is 110 Å². The Morgan fingerprint density at radius 3 is 2.62 bits per heavy atom. The zero-order valence-electron chi connectivity index (χ0n) is 19.8. The number of aromatic nitrogens is 2. The van der Waals surface area contributed by atoms with Crippen LogP contribution in [0.15, 0.2) is 34.7 Å². The van der Waals surface area contributed by atoms with Crippen LogP contribution in [0.2, 0.25) is 0 Å². The first-order valence-corrected chi connectivity index (χ1v) is 11.9. The quantitative estimate of drug-likeness (QED) is 0.683. The number of alkyl carbamates (subject to hydrolysis) is 1. The lowest BCUT2D eigenvalue weighted by Gasteiger charge is -2.34. The molecule has 2 aromatic rings. The number of hydrogen-bond acceptors (Lipinski definition) is 7. The van der Waals surface area contributed by atoms with Gasteiger partial charge in [-0.1, -0.05) is 30.3 Å². The minimum atomic E-state index is -0.525. The van der Waals surface area contributed by atoms with E-state index >= 15 is 0 Å². The maximum Gasteiger partial charge on any atom is 0.407 e. The number of carbonyl (C=O) groups is 2. The molecule has 5 rings (SSSR count). The summed E-state index contributed by atoms with van der Waals surface area (Å²) in [4.78, 5) is 32.6. The first-order valence-electron chi connectivity index (χ1n) is 11.9. The third-order valence-electron chi connectivity index (χ3n) is 6.49. The number of nitrogens with one attached hydrogen (secondary N) is 1. The highest BCUT2D eigenvalue weighted by atomic mass is 16.7. The zero-order valence-corrected chi connectivity index (χ0v) is 19.8. The Bertz CT molecular complexity index is 1030. The van der Waals surface area contributed by atoms with Crippen molar-refractivity contribution >= 4 is 12.1 Å². The summed E-state index contributed by atoms with van der Waals surface area (Å²) >= 11 is 0. The van der Waals surface area contributed by atoms with E-state index in [9.17, 15) is 9.59 Å². The molecule has 34 heavy (non-hydrogen) atoms. The second-order valence-electron chi connectivity index (χ2n) is 10.3. The van der Waals surface area contributed by atoms with Crippen LogP contribution >= 0.6 is 0 Å². The van der Waals surface area contributed by atoms with Gasteiger partial charge in [-0.05, 0) is 52.0 Å². The van der Waals surface area contributed by atoms with E-state index < -0.39 is 11.7 Å². The minimum absolute atomic E-state index is 0.0288. The van der Waals surface area contributed by atoms with E-state index in [0.29, 0.717) is 24.9 Å². The van der Waals surface area contributed by atoms with E-state index in [1.165, 1.54) is 5.06 Å². The Kier molecular flexibility index (Phi) is 5.93. The minimum Gasteiger partial charge on any atom is -0.444 e. The van der Waals surface area contributed by atoms with Gasteiger partial charge in [0, 0.05) is 18.5 Å². The maximum absolute atomic E-state index is 13.0. The van der Waals surface area contributed by atoms with Crippen LogP contribution in [0, 0.1) is 0 Å². The number of carbonyl (C=O) groups excluding carboxylic acids is 2. The number of benzene rings is 1. The Labute approximate surface area is 198 Å². The second-order valence-corrected chi connectivity index (χ2v) is 10.3. The number of rotatable bonds is 6. The van der Waals surface area contributed by atoms with Crippen LogP contribution in [0.4, 0.5) is 9.59 Å². The molecule has 2 saturated heterocycles. The Morgan fingerprint density at radius 2 is 1.88 bits per heavy atom. The third-order valence-corrected chi connectivity index (χ3v) is 6.49. The molecule has 10 nitrogen and oxygen atoms in total. The largest absolute Gasteiger partial charge is 0.444 e. The predicted octanol–water partition coefficient (Wildman–Crippen LogP) is 3.91. The fourth-order valence-electron chi connectivity index (χ4n) is 4.73. The van der Waals surface area contributed by atoms with Gasteiger partial charge in [-0.3, -0.25) is 4.84 Å². The standard InChI is InChI=1S/C24H31N5O5/c1-24(2,3)34-22(30)25-17-11-16(12-17)20-26-27-21(33-20)19-10-9-18-13-28(19)23(31)29(18)32-14-15-7-5-4-6-8-15/h4-8,16-19H,9-14H2,1-3H3,(H,25,30). The van der Waals surface area contributed by atoms with E-state index in [1.54, 1.807) is 4.90 Å². The maximum atomic E-state index is 13.0. The van der Waals surface area contributed by atoms with Crippen LogP contribution in [0.3, 0.4) is 0 Å². The van der Waals surface area contributed by atoms with Crippen molar-refractivity contribution in [3.8, 4) is 0 Å². The number of hydrogen-bond donors (Lipinski definition) is 1. The number of ether oxygens (including phenoxy) is 1. The first-order chi connectivity index (χ1) is 16.3. The van der Waals surface area contributed by atoms with Gasteiger partial charge in [-0.25, -0.2) is 9.59 Å². The molecule has 2 unspecified atom stereocenters. The fourth-order valence-corrected chi connectivity index (χ4v) is 4.73. The van der Waals surface area contributed by atoms with Gasteiger partial charge in [0.1, 0.15) is 18.2 Å². The van der Waals surface area contributed by atoms with Gasteiger partial charge in [-0.2, -0.15) is 5.06 Å². The second kappa shape index (κ2) is 8.90. The molecule has 3 amide bonds. The molecule has 1 saturated carbocycles. The Morgan fingerprint density at radius 1 is 1.15 bits per heavy atom. The van der Waals surface area contributed by atoms with Crippen molar-refractivity contribution in [2.45, 2.75) is 82.7 Å².